The number of nitrogens with zero attached hydrogens (tertiary/aromatic N) is 5. The van der Waals surface area contributed by atoms with E-state index in [1.165, 1.54) is 0 Å². The first kappa shape index (κ1) is 22.4. The smallest absolute Gasteiger partial charge is 0.213 e. The Morgan fingerprint density at radius 1 is 1.39 bits per heavy atom. The fourth-order valence-corrected chi connectivity index (χ4v) is 2.97. The lowest BCUT2D eigenvalue weighted by atomic mass is 10.1. The average molecular weight is 500 g/mol. The number of ether oxygens (including phenoxy) is 2. The Labute approximate surface area is 183 Å². The molecule has 2 aromatic heterocycles. The van der Waals surface area contributed by atoms with Crippen LogP contribution in [-0.4, -0.2) is 59.0 Å². The Morgan fingerprint density at radius 2 is 2.25 bits per heavy atom. The molecule has 1 atom stereocenters. The third-order valence-corrected chi connectivity index (χ3v) is 4.38. The minimum absolute atomic E-state index is 0. The van der Waals surface area contributed by atoms with Gasteiger partial charge in [0.15, 0.2) is 5.96 Å². The number of pyridine rings is 1. The van der Waals surface area contributed by atoms with Gasteiger partial charge in [-0.25, -0.2) is 4.98 Å². The Kier molecular flexibility index (Phi) is 8.97. The maximum absolute atomic E-state index is 5.91. The average Bonchev–Trinajstić information content (AvgIpc) is 3.14. The zero-order valence-electron chi connectivity index (χ0n) is 16.7. The van der Waals surface area contributed by atoms with Gasteiger partial charge >= 0.3 is 0 Å². The lowest BCUT2D eigenvalue weighted by Gasteiger charge is -2.34. The van der Waals surface area contributed by atoms with E-state index in [0.29, 0.717) is 25.6 Å². The SMILES string of the molecule is CCCOc1ccc(CNC(=NC)N2CCOC(c3cnn(C)c3)C2)cn1.I. The van der Waals surface area contributed by atoms with Gasteiger partial charge in [-0.05, 0) is 12.0 Å². The molecule has 1 aliphatic rings. The van der Waals surface area contributed by atoms with E-state index in [4.69, 9.17) is 9.47 Å². The second kappa shape index (κ2) is 11.2. The molecule has 154 valence electrons. The van der Waals surface area contributed by atoms with Crippen LogP contribution in [0, 0.1) is 0 Å². The van der Waals surface area contributed by atoms with Crippen LogP contribution in [0.1, 0.15) is 30.6 Å². The van der Waals surface area contributed by atoms with Crippen molar-refractivity contribution < 1.29 is 9.47 Å². The minimum Gasteiger partial charge on any atom is -0.478 e. The molecule has 0 aliphatic carbocycles. The molecule has 1 unspecified atom stereocenters. The molecule has 1 saturated heterocycles. The monoisotopic (exact) mass is 500 g/mol. The summed E-state index contributed by atoms with van der Waals surface area (Å²) in [6.07, 6.45) is 6.67. The molecular weight excluding hydrogens is 471 g/mol. The van der Waals surface area contributed by atoms with Crippen molar-refractivity contribution in [1.82, 2.24) is 25.0 Å². The van der Waals surface area contributed by atoms with Crippen molar-refractivity contribution in [3.63, 3.8) is 0 Å². The van der Waals surface area contributed by atoms with Crippen LogP contribution in [0.5, 0.6) is 5.88 Å². The van der Waals surface area contributed by atoms with Gasteiger partial charge in [-0.2, -0.15) is 5.10 Å². The van der Waals surface area contributed by atoms with Crippen LogP contribution in [0.2, 0.25) is 0 Å². The fourth-order valence-electron chi connectivity index (χ4n) is 2.97. The topological polar surface area (TPSA) is 76.8 Å². The molecule has 3 rings (SSSR count). The van der Waals surface area contributed by atoms with Gasteiger partial charge in [0.25, 0.3) is 0 Å². The van der Waals surface area contributed by atoms with Crippen LogP contribution in [0.4, 0.5) is 0 Å². The summed E-state index contributed by atoms with van der Waals surface area (Å²) in [7, 11) is 3.72. The number of aliphatic imine (C=N–C) groups is 1. The number of morpholine rings is 1. The molecule has 2 aromatic rings. The first-order valence-corrected chi connectivity index (χ1v) is 9.33. The third-order valence-electron chi connectivity index (χ3n) is 4.38. The van der Waals surface area contributed by atoms with Crippen molar-refractivity contribution in [2.75, 3.05) is 33.4 Å². The number of aryl methyl sites for hydroxylation is 1. The van der Waals surface area contributed by atoms with Crippen molar-refractivity contribution in [3.05, 3.63) is 41.9 Å². The van der Waals surface area contributed by atoms with E-state index in [-0.39, 0.29) is 30.1 Å². The maximum Gasteiger partial charge on any atom is 0.213 e. The van der Waals surface area contributed by atoms with Crippen LogP contribution in [0.3, 0.4) is 0 Å². The molecule has 28 heavy (non-hydrogen) atoms. The van der Waals surface area contributed by atoms with Gasteiger partial charge in [0, 0.05) is 51.2 Å². The Hall–Kier alpha value is -1.88. The lowest BCUT2D eigenvalue weighted by Crippen LogP contribution is -2.47. The molecule has 3 heterocycles. The summed E-state index contributed by atoms with van der Waals surface area (Å²) in [5.41, 5.74) is 2.17. The molecule has 8 nitrogen and oxygen atoms in total. The number of halogens is 1. The molecule has 0 spiro atoms. The number of nitrogens with one attached hydrogen (secondary N) is 1. The van der Waals surface area contributed by atoms with Gasteiger partial charge in [-0.1, -0.05) is 13.0 Å². The summed E-state index contributed by atoms with van der Waals surface area (Å²) in [6.45, 7) is 5.63. The predicted molar refractivity (Wildman–Crippen MR) is 119 cm³/mol. The van der Waals surface area contributed by atoms with E-state index in [1.54, 1.807) is 11.7 Å². The van der Waals surface area contributed by atoms with Crippen molar-refractivity contribution in [2.24, 2.45) is 12.0 Å². The first-order valence-electron chi connectivity index (χ1n) is 9.33. The van der Waals surface area contributed by atoms with Gasteiger partial charge in [0.2, 0.25) is 5.88 Å². The highest BCUT2D eigenvalue weighted by atomic mass is 127. The molecule has 0 bridgehead atoms. The van der Waals surface area contributed by atoms with E-state index in [2.05, 4.69) is 32.2 Å². The largest absolute Gasteiger partial charge is 0.478 e. The van der Waals surface area contributed by atoms with E-state index in [0.717, 1.165) is 36.6 Å². The van der Waals surface area contributed by atoms with E-state index < -0.39 is 0 Å². The predicted octanol–water partition coefficient (Wildman–Crippen LogP) is 2.37. The van der Waals surface area contributed by atoms with E-state index in [9.17, 15) is 0 Å². The summed E-state index contributed by atoms with van der Waals surface area (Å²) in [6, 6.07) is 3.93. The van der Waals surface area contributed by atoms with E-state index >= 15 is 0 Å². The second-order valence-electron chi connectivity index (χ2n) is 6.51. The number of guanidine groups is 1. The Balaban J connectivity index is 0.00000280. The zero-order chi connectivity index (χ0) is 19.1. The number of hydrogen-bond donors (Lipinski definition) is 1. The van der Waals surface area contributed by atoms with Gasteiger partial charge in [-0.15, -0.1) is 24.0 Å². The van der Waals surface area contributed by atoms with Crippen molar-refractivity contribution in [3.8, 4) is 5.88 Å². The number of rotatable bonds is 6. The zero-order valence-corrected chi connectivity index (χ0v) is 19.0. The number of hydrogen-bond acceptors (Lipinski definition) is 5. The first-order chi connectivity index (χ1) is 13.2. The lowest BCUT2D eigenvalue weighted by molar-refractivity contribution is -0.00805. The van der Waals surface area contributed by atoms with Crippen LogP contribution in [-0.2, 0) is 18.3 Å². The highest BCUT2D eigenvalue weighted by molar-refractivity contribution is 14.0. The summed E-state index contributed by atoms with van der Waals surface area (Å²) in [5.74, 6) is 1.52. The third kappa shape index (κ3) is 6.06. The van der Waals surface area contributed by atoms with Gasteiger partial charge < -0.3 is 19.7 Å². The maximum atomic E-state index is 5.91. The van der Waals surface area contributed by atoms with Crippen molar-refractivity contribution >= 4 is 29.9 Å². The second-order valence-corrected chi connectivity index (χ2v) is 6.51. The number of aromatic nitrogens is 3. The van der Waals surface area contributed by atoms with E-state index in [1.807, 2.05) is 37.8 Å². The molecule has 0 saturated carbocycles. The quantitative estimate of drug-likeness (QED) is 0.373. The molecule has 0 radical (unpaired) electrons. The van der Waals surface area contributed by atoms with Crippen LogP contribution >= 0.6 is 24.0 Å². The molecule has 0 aromatic carbocycles. The molecule has 1 N–H and O–H groups in total. The van der Waals surface area contributed by atoms with Crippen LogP contribution in [0.15, 0.2) is 35.7 Å². The normalized spacial score (nSPS) is 17.2. The summed E-state index contributed by atoms with van der Waals surface area (Å²) in [4.78, 5) is 11.0. The highest BCUT2D eigenvalue weighted by Gasteiger charge is 2.25. The summed E-state index contributed by atoms with van der Waals surface area (Å²) < 4.78 is 13.2. The van der Waals surface area contributed by atoms with Crippen LogP contribution < -0.4 is 10.1 Å². The fraction of sp³-hybridized carbons (Fsp3) is 0.526. The summed E-state index contributed by atoms with van der Waals surface area (Å²) >= 11 is 0. The summed E-state index contributed by atoms with van der Waals surface area (Å²) in [5, 5.41) is 7.65. The molecule has 1 aliphatic heterocycles. The molecule has 1 fully saturated rings. The molecule has 9 heteroatoms. The van der Waals surface area contributed by atoms with Crippen molar-refractivity contribution in [2.45, 2.75) is 26.0 Å². The Bertz CT molecular complexity index is 749. The molecular formula is C19H29IN6O2. The van der Waals surface area contributed by atoms with Crippen LogP contribution in [0.25, 0.3) is 0 Å². The standard InChI is InChI=1S/C19H28N6O2.HI/c1-4-8-27-18-6-5-15(10-21-18)11-22-19(20-2)25-7-9-26-17(14-25)16-12-23-24(3)13-16;/h5-6,10,12-13,17H,4,7-9,11,14H2,1-3H3,(H,20,22);1H. The van der Waals surface area contributed by atoms with Gasteiger partial charge in [0.05, 0.1) is 26.0 Å². The van der Waals surface area contributed by atoms with Gasteiger partial charge in [-0.3, -0.25) is 9.67 Å². The molecule has 0 amide bonds. The Morgan fingerprint density at radius 3 is 2.89 bits per heavy atom. The highest BCUT2D eigenvalue weighted by Crippen LogP contribution is 2.21. The minimum atomic E-state index is 0. The van der Waals surface area contributed by atoms with Crippen molar-refractivity contribution in [1.29, 1.82) is 0 Å². The van der Waals surface area contributed by atoms with Gasteiger partial charge in [0.1, 0.15) is 6.10 Å².